The molecule has 0 aliphatic rings. The van der Waals surface area contributed by atoms with Crippen molar-refractivity contribution in [3.05, 3.63) is 63.6 Å². The van der Waals surface area contributed by atoms with Gasteiger partial charge in [0.05, 0.1) is 7.11 Å². The molecule has 0 atom stereocenters. The maximum atomic E-state index is 12.0. The molecule has 0 fully saturated rings. The standard InChI is InChI=1S/C17H18BrNO2/c1-12-3-6-14(11-16(12)18)17(20)19-10-9-13-4-7-15(21-2)8-5-13/h3-8,11H,9-10H2,1-2H3,(H,19,20). The molecule has 110 valence electrons. The van der Waals surface area contributed by atoms with Crippen LogP contribution in [0.3, 0.4) is 0 Å². The monoisotopic (exact) mass is 347 g/mol. The van der Waals surface area contributed by atoms with Gasteiger partial charge in [-0.25, -0.2) is 0 Å². The molecule has 0 unspecified atom stereocenters. The van der Waals surface area contributed by atoms with E-state index in [-0.39, 0.29) is 5.91 Å². The predicted octanol–water partition coefficient (Wildman–Crippen LogP) is 3.74. The third-order valence-corrected chi connectivity index (χ3v) is 4.15. The number of methoxy groups -OCH3 is 1. The van der Waals surface area contributed by atoms with Crippen LogP contribution in [0.15, 0.2) is 46.9 Å². The first kappa shape index (κ1) is 15.6. The Morgan fingerprint density at radius 1 is 1.19 bits per heavy atom. The molecular formula is C17H18BrNO2. The van der Waals surface area contributed by atoms with Crippen molar-refractivity contribution >= 4 is 21.8 Å². The summed E-state index contributed by atoms with van der Waals surface area (Å²) in [5.41, 5.74) is 2.95. The van der Waals surface area contributed by atoms with E-state index in [1.165, 1.54) is 5.56 Å². The molecule has 1 amide bonds. The molecule has 0 spiro atoms. The number of ether oxygens (including phenoxy) is 1. The number of hydrogen-bond acceptors (Lipinski definition) is 2. The van der Waals surface area contributed by atoms with Crippen molar-refractivity contribution in [2.24, 2.45) is 0 Å². The molecule has 4 heteroatoms. The highest BCUT2D eigenvalue weighted by atomic mass is 79.9. The Hall–Kier alpha value is -1.81. The lowest BCUT2D eigenvalue weighted by Gasteiger charge is -2.07. The average molecular weight is 348 g/mol. The highest BCUT2D eigenvalue weighted by Crippen LogP contribution is 2.17. The van der Waals surface area contributed by atoms with Crippen LogP contribution < -0.4 is 10.1 Å². The maximum Gasteiger partial charge on any atom is 0.251 e. The molecule has 0 aliphatic heterocycles. The quantitative estimate of drug-likeness (QED) is 0.894. The van der Waals surface area contributed by atoms with E-state index in [1.807, 2.05) is 49.4 Å². The number of rotatable bonds is 5. The lowest BCUT2D eigenvalue weighted by molar-refractivity contribution is 0.0954. The van der Waals surface area contributed by atoms with Gasteiger partial charge in [-0.2, -0.15) is 0 Å². The molecular weight excluding hydrogens is 330 g/mol. The minimum absolute atomic E-state index is 0.0517. The second kappa shape index (κ2) is 7.27. The van der Waals surface area contributed by atoms with E-state index in [2.05, 4.69) is 21.2 Å². The second-order valence-corrected chi connectivity index (χ2v) is 5.67. The van der Waals surface area contributed by atoms with Crippen LogP contribution in [-0.4, -0.2) is 19.6 Å². The SMILES string of the molecule is COc1ccc(CCNC(=O)c2ccc(C)c(Br)c2)cc1. The van der Waals surface area contributed by atoms with E-state index in [9.17, 15) is 4.79 Å². The molecule has 2 rings (SSSR count). The summed E-state index contributed by atoms with van der Waals surface area (Å²) in [6.07, 6.45) is 0.794. The van der Waals surface area contributed by atoms with Crippen molar-refractivity contribution < 1.29 is 9.53 Å². The van der Waals surface area contributed by atoms with Crippen molar-refractivity contribution in [2.75, 3.05) is 13.7 Å². The first-order chi connectivity index (χ1) is 10.1. The van der Waals surface area contributed by atoms with Gasteiger partial charge in [0.1, 0.15) is 5.75 Å². The van der Waals surface area contributed by atoms with E-state index in [0.29, 0.717) is 12.1 Å². The van der Waals surface area contributed by atoms with Gasteiger partial charge in [0.2, 0.25) is 0 Å². The van der Waals surface area contributed by atoms with Crippen molar-refractivity contribution in [2.45, 2.75) is 13.3 Å². The van der Waals surface area contributed by atoms with Crippen LogP contribution in [0.1, 0.15) is 21.5 Å². The smallest absolute Gasteiger partial charge is 0.251 e. The van der Waals surface area contributed by atoms with E-state index in [4.69, 9.17) is 4.74 Å². The molecule has 0 aliphatic carbocycles. The van der Waals surface area contributed by atoms with Crippen LogP contribution in [0.25, 0.3) is 0 Å². The van der Waals surface area contributed by atoms with Gasteiger partial charge in [0.15, 0.2) is 0 Å². The van der Waals surface area contributed by atoms with Gasteiger partial charge in [-0.1, -0.05) is 34.1 Å². The minimum atomic E-state index is -0.0517. The molecule has 2 aromatic rings. The van der Waals surface area contributed by atoms with Crippen LogP contribution in [0, 0.1) is 6.92 Å². The average Bonchev–Trinajstić information content (AvgIpc) is 2.50. The fourth-order valence-corrected chi connectivity index (χ4v) is 2.33. The van der Waals surface area contributed by atoms with Gasteiger partial charge in [-0.3, -0.25) is 4.79 Å². The molecule has 0 saturated heterocycles. The van der Waals surface area contributed by atoms with Crippen LogP contribution in [0.2, 0.25) is 0 Å². The Labute approximate surface area is 133 Å². The summed E-state index contributed by atoms with van der Waals surface area (Å²) in [6, 6.07) is 13.5. The number of benzene rings is 2. The Morgan fingerprint density at radius 3 is 2.52 bits per heavy atom. The number of carbonyl (C=O) groups is 1. The molecule has 21 heavy (non-hydrogen) atoms. The third-order valence-electron chi connectivity index (χ3n) is 3.29. The topological polar surface area (TPSA) is 38.3 Å². The second-order valence-electron chi connectivity index (χ2n) is 4.82. The van der Waals surface area contributed by atoms with Crippen molar-refractivity contribution in [3.63, 3.8) is 0 Å². The van der Waals surface area contributed by atoms with E-state index in [1.54, 1.807) is 7.11 Å². The molecule has 0 radical (unpaired) electrons. The molecule has 0 saturated carbocycles. The fourth-order valence-electron chi connectivity index (χ4n) is 1.95. The Morgan fingerprint density at radius 2 is 1.90 bits per heavy atom. The van der Waals surface area contributed by atoms with Crippen LogP contribution in [0.5, 0.6) is 5.75 Å². The van der Waals surface area contributed by atoms with Gasteiger partial charge in [0, 0.05) is 16.6 Å². The van der Waals surface area contributed by atoms with Gasteiger partial charge in [-0.05, 0) is 48.7 Å². The summed E-state index contributed by atoms with van der Waals surface area (Å²) in [7, 11) is 1.65. The molecule has 3 nitrogen and oxygen atoms in total. The Bertz CT molecular complexity index is 623. The summed E-state index contributed by atoms with van der Waals surface area (Å²) in [4.78, 5) is 12.0. The Balaban J connectivity index is 1.87. The van der Waals surface area contributed by atoms with E-state index < -0.39 is 0 Å². The summed E-state index contributed by atoms with van der Waals surface area (Å²) < 4.78 is 6.07. The van der Waals surface area contributed by atoms with Gasteiger partial charge >= 0.3 is 0 Å². The molecule has 0 bridgehead atoms. The minimum Gasteiger partial charge on any atom is -0.497 e. The number of halogens is 1. The summed E-state index contributed by atoms with van der Waals surface area (Å²) >= 11 is 3.44. The van der Waals surface area contributed by atoms with Crippen LogP contribution in [0.4, 0.5) is 0 Å². The van der Waals surface area contributed by atoms with E-state index in [0.717, 1.165) is 22.2 Å². The number of hydrogen-bond donors (Lipinski definition) is 1. The largest absolute Gasteiger partial charge is 0.497 e. The molecule has 2 aromatic carbocycles. The Kier molecular flexibility index (Phi) is 5.39. The highest BCUT2D eigenvalue weighted by Gasteiger charge is 2.06. The number of aryl methyl sites for hydroxylation is 1. The van der Waals surface area contributed by atoms with Gasteiger partial charge in [-0.15, -0.1) is 0 Å². The maximum absolute atomic E-state index is 12.0. The van der Waals surface area contributed by atoms with Gasteiger partial charge in [0.25, 0.3) is 5.91 Å². The zero-order valence-corrected chi connectivity index (χ0v) is 13.7. The zero-order chi connectivity index (χ0) is 15.2. The van der Waals surface area contributed by atoms with Crippen LogP contribution in [-0.2, 0) is 6.42 Å². The van der Waals surface area contributed by atoms with Crippen molar-refractivity contribution in [1.29, 1.82) is 0 Å². The predicted molar refractivity (Wildman–Crippen MR) is 87.9 cm³/mol. The van der Waals surface area contributed by atoms with Gasteiger partial charge < -0.3 is 10.1 Å². The number of amides is 1. The summed E-state index contributed by atoms with van der Waals surface area (Å²) in [6.45, 7) is 2.60. The highest BCUT2D eigenvalue weighted by molar-refractivity contribution is 9.10. The molecule has 1 N–H and O–H groups in total. The molecule has 0 heterocycles. The zero-order valence-electron chi connectivity index (χ0n) is 12.2. The number of carbonyl (C=O) groups excluding carboxylic acids is 1. The van der Waals surface area contributed by atoms with Crippen LogP contribution >= 0.6 is 15.9 Å². The number of nitrogens with one attached hydrogen (secondary N) is 1. The summed E-state index contributed by atoms with van der Waals surface area (Å²) in [5, 5.41) is 2.93. The normalized spacial score (nSPS) is 10.2. The third kappa shape index (κ3) is 4.33. The summed E-state index contributed by atoms with van der Waals surface area (Å²) in [5.74, 6) is 0.788. The van der Waals surface area contributed by atoms with Crippen molar-refractivity contribution in [1.82, 2.24) is 5.32 Å². The lowest BCUT2D eigenvalue weighted by Crippen LogP contribution is -2.25. The lowest BCUT2D eigenvalue weighted by atomic mass is 10.1. The molecule has 0 aromatic heterocycles. The van der Waals surface area contributed by atoms with Crippen molar-refractivity contribution in [3.8, 4) is 5.75 Å². The fraction of sp³-hybridized carbons (Fsp3) is 0.235. The first-order valence-corrected chi connectivity index (χ1v) is 7.56. The first-order valence-electron chi connectivity index (χ1n) is 6.77. The van der Waals surface area contributed by atoms with E-state index >= 15 is 0 Å².